The molecule has 8 heteroatoms. The first-order valence-electron chi connectivity index (χ1n) is 7.55. The van der Waals surface area contributed by atoms with E-state index >= 15 is 0 Å². The highest BCUT2D eigenvalue weighted by atomic mass is 35.5. The van der Waals surface area contributed by atoms with Crippen molar-refractivity contribution in [2.45, 2.75) is 13.5 Å². The van der Waals surface area contributed by atoms with Gasteiger partial charge in [-0.2, -0.15) is 0 Å². The Hall–Kier alpha value is -2.57. The molecule has 0 aliphatic rings. The van der Waals surface area contributed by atoms with E-state index in [0.717, 1.165) is 0 Å². The van der Waals surface area contributed by atoms with Crippen LogP contribution in [0.3, 0.4) is 0 Å². The fraction of sp³-hybridized carbons (Fsp3) is 0.111. The molecule has 0 unspecified atom stereocenters. The predicted molar refractivity (Wildman–Crippen MR) is 96.4 cm³/mol. The summed E-state index contributed by atoms with van der Waals surface area (Å²) < 4.78 is 24.2. The number of halogens is 3. The highest BCUT2D eigenvalue weighted by molar-refractivity contribution is 6.44. The van der Waals surface area contributed by atoms with Crippen LogP contribution in [-0.4, -0.2) is 11.1 Å². The van der Waals surface area contributed by atoms with Crippen LogP contribution in [-0.2, 0) is 6.61 Å². The number of aryl methyl sites for hydroxylation is 1. The van der Waals surface area contributed by atoms with E-state index in [2.05, 4.69) is 10.5 Å². The fourth-order valence-corrected chi connectivity index (χ4v) is 2.58. The first kappa shape index (κ1) is 18.2. The molecule has 0 aliphatic heterocycles. The number of rotatable bonds is 5. The number of ether oxygens (including phenoxy) is 1. The smallest absolute Gasteiger partial charge is 0.278 e. The lowest BCUT2D eigenvalue weighted by Gasteiger charge is -2.09. The monoisotopic (exact) mass is 394 g/mol. The standard InChI is InChI=1S/C18H13Cl2FN2O3/c1-10-11(9-25-15-8-3-2-6-13(15)21)17(23-26-10)18(24)22-14-7-4-5-12(19)16(14)20/h2-8H,9H2,1H3,(H,22,24). The SMILES string of the molecule is Cc1onc(C(=O)Nc2cccc(Cl)c2Cl)c1COc1ccccc1F. The average Bonchev–Trinajstić information content (AvgIpc) is 2.99. The number of nitrogens with zero attached hydrogens (tertiary/aromatic N) is 1. The van der Waals surface area contributed by atoms with Gasteiger partial charge in [0.25, 0.3) is 5.91 Å². The lowest BCUT2D eigenvalue weighted by Crippen LogP contribution is -2.15. The molecule has 5 nitrogen and oxygen atoms in total. The van der Waals surface area contributed by atoms with Crippen LogP contribution in [0.1, 0.15) is 21.8 Å². The average molecular weight is 395 g/mol. The van der Waals surface area contributed by atoms with Crippen molar-refractivity contribution in [2.75, 3.05) is 5.32 Å². The van der Waals surface area contributed by atoms with Crippen LogP contribution in [0.5, 0.6) is 5.75 Å². The Morgan fingerprint density at radius 1 is 1.23 bits per heavy atom. The second kappa shape index (κ2) is 7.76. The number of amides is 1. The molecule has 0 bridgehead atoms. The van der Waals surface area contributed by atoms with E-state index < -0.39 is 11.7 Å². The molecular weight excluding hydrogens is 382 g/mol. The van der Waals surface area contributed by atoms with Crippen LogP contribution in [0.4, 0.5) is 10.1 Å². The highest BCUT2D eigenvalue weighted by Crippen LogP contribution is 2.30. The van der Waals surface area contributed by atoms with Gasteiger partial charge in [-0.15, -0.1) is 0 Å². The number of carbonyl (C=O) groups excluding carboxylic acids is 1. The highest BCUT2D eigenvalue weighted by Gasteiger charge is 2.22. The number of benzene rings is 2. The Morgan fingerprint density at radius 2 is 2.00 bits per heavy atom. The van der Waals surface area contributed by atoms with Crippen LogP contribution in [0.25, 0.3) is 0 Å². The molecule has 3 rings (SSSR count). The molecule has 3 aromatic rings. The zero-order chi connectivity index (χ0) is 18.7. The summed E-state index contributed by atoms with van der Waals surface area (Å²) in [6, 6.07) is 10.8. The summed E-state index contributed by atoms with van der Waals surface area (Å²) in [5.41, 5.74) is 0.768. The van der Waals surface area contributed by atoms with E-state index in [-0.39, 0.29) is 23.1 Å². The van der Waals surface area contributed by atoms with E-state index in [1.807, 2.05) is 0 Å². The minimum atomic E-state index is -0.543. The predicted octanol–water partition coefficient (Wildman–Crippen LogP) is 5.26. The number of nitrogens with one attached hydrogen (secondary N) is 1. The summed E-state index contributed by atoms with van der Waals surface area (Å²) in [6.45, 7) is 1.55. The van der Waals surface area contributed by atoms with Crippen LogP contribution in [0.15, 0.2) is 47.0 Å². The van der Waals surface area contributed by atoms with Gasteiger partial charge in [0.2, 0.25) is 0 Å². The maximum Gasteiger partial charge on any atom is 0.278 e. The first-order valence-corrected chi connectivity index (χ1v) is 8.31. The molecule has 1 heterocycles. The van der Waals surface area contributed by atoms with Gasteiger partial charge < -0.3 is 14.6 Å². The summed E-state index contributed by atoms with van der Waals surface area (Å²) in [5.74, 6) is -0.586. The third-order valence-electron chi connectivity index (χ3n) is 3.61. The van der Waals surface area contributed by atoms with Crippen LogP contribution >= 0.6 is 23.2 Å². The minimum Gasteiger partial charge on any atom is -0.486 e. The summed E-state index contributed by atoms with van der Waals surface area (Å²) in [6.07, 6.45) is 0. The lowest BCUT2D eigenvalue weighted by atomic mass is 10.2. The zero-order valence-corrected chi connectivity index (χ0v) is 15.1. The van der Waals surface area contributed by atoms with E-state index in [9.17, 15) is 9.18 Å². The molecular formula is C18H13Cl2FN2O3. The zero-order valence-electron chi connectivity index (χ0n) is 13.6. The second-order valence-electron chi connectivity index (χ2n) is 5.34. The molecule has 1 N–H and O–H groups in total. The van der Waals surface area contributed by atoms with Crippen molar-refractivity contribution in [3.63, 3.8) is 0 Å². The molecule has 0 atom stereocenters. The van der Waals surface area contributed by atoms with Gasteiger partial charge in [-0.3, -0.25) is 4.79 Å². The van der Waals surface area contributed by atoms with Gasteiger partial charge in [-0.05, 0) is 31.2 Å². The number of hydrogen-bond donors (Lipinski definition) is 1. The molecule has 2 aromatic carbocycles. The van der Waals surface area contributed by atoms with Crippen molar-refractivity contribution in [2.24, 2.45) is 0 Å². The summed E-state index contributed by atoms with van der Waals surface area (Å²) in [5, 5.41) is 6.91. The summed E-state index contributed by atoms with van der Waals surface area (Å²) >= 11 is 12.0. The van der Waals surface area contributed by atoms with E-state index in [1.165, 1.54) is 12.1 Å². The first-order chi connectivity index (χ1) is 12.5. The van der Waals surface area contributed by atoms with Gasteiger partial charge >= 0.3 is 0 Å². The van der Waals surface area contributed by atoms with Crippen molar-refractivity contribution in [1.29, 1.82) is 0 Å². The Balaban J connectivity index is 1.80. The van der Waals surface area contributed by atoms with E-state index in [0.29, 0.717) is 22.0 Å². The largest absolute Gasteiger partial charge is 0.486 e. The Kier molecular flexibility index (Phi) is 5.44. The van der Waals surface area contributed by atoms with Crippen molar-refractivity contribution in [3.8, 4) is 5.75 Å². The lowest BCUT2D eigenvalue weighted by molar-refractivity contribution is 0.101. The number of anilines is 1. The van der Waals surface area contributed by atoms with Crippen molar-refractivity contribution in [3.05, 3.63) is 75.3 Å². The number of aromatic nitrogens is 1. The molecule has 0 saturated carbocycles. The molecule has 0 aliphatic carbocycles. The van der Waals surface area contributed by atoms with Gasteiger partial charge in [-0.25, -0.2) is 4.39 Å². The Morgan fingerprint density at radius 3 is 2.77 bits per heavy atom. The fourth-order valence-electron chi connectivity index (χ4n) is 2.23. The molecule has 1 amide bonds. The van der Waals surface area contributed by atoms with E-state index in [4.69, 9.17) is 32.5 Å². The second-order valence-corrected chi connectivity index (χ2v) is 6.13. The Labute approximate surface area is 158 Å². The Bertz CT molecular complexity index is 959. The van der Waals surface area contributed by atoms with Gasteiger partial charge in [0.1, 0.15) is 12.4 Å². The molecule has 0 spiro atoms. The number of carbonyl (C=O) groups is 1. The van der Waals surface area contributed by atoms with Crippen molar-refractivity contribution >= 4 is 34.8 Å². The van der Waals surface area contributed by atoms with E-state index in [1.54, 1.807) is 37.3 Å². The maximum absolute atomic E-state index is 13.7. The molecule has 0 saturated heterocycles. The van der Waals surface area contributed by atoms with Gasteiger partial charge in [0.05, 0.1) is 21.3 Å². The quantitative estimate of drug-likeness (QED) is 0.640. The molecule has 1 aromatic heterocycles. The number of hydrogen-bond acceptors (Lipinski definition) is 4. The third-order valence-corrected chi connectivity index (χ3v) is 4.43. The third kappa shape index (κ3) is 3.81. The summed E-state index contributed by atoms with van der Waals surface area (Å²) in [4.78, 5) is 12.5. The summed E-state index contributed by atoms with van der Waals surface area (Å²) in [7, 11) is 0. The van der Waals surface area contributed by atoms with Crippen LogP contribution in [0, 0.1) is 12.7 Å². The molecule has 0 fully saturated rings. The number of para-hydroxylation sites is 1. The van der Waals surface area contributed by atoms with Crippen LogP contribution < -0.4 is 10.1 Å². The van der Waals surface area contributed by atoms with Gasteiger partial charge in [0, 0.05) is 0 Å². The van der Waals surface area contributed by atoms with Gasteiger partial charge in [0.15, 0.2) is 17.3 Å². The van der Waals surface area contributed by atoms with Crippen LogP contribution in [0.2, 0.25) is 10.0 Å². The topological polar surface area (TPSA) is 64.4 Å². The molecule has 0 radical (unpaired) electrons. The maximum atomic E-state index is 13.7. The minimum absolute atomic E-state index is 0.0230. The van der Waals surface area contributed by atoms with Crippen molar-refractivity contribution < 1.29 is 18.4 Å². The normalized spacial score (nSPS) is 10.6. The van der Waals surface area contributed by atoms with Gasteiger partial charge in [-0.1, -0.05) is 46.6 Å². The molecule has 134 valence electrons. The molecule has 26 heavy (non-hydrogen) atoms. The van der Waals surface area contributed by atoms with Crippen molar-refractivity contribution in [1.82, 2.24) is 5.16 Å².